The SMILES string of the molecule is CC(=O)N1CCCC(Cn2cnc(-c3ccccc3)c2-c2cc(C)[nH]n2)C1. The van der Waals surface area contributed by atoms with E-state index in [1.165, 1.54) is 0 Å². The zero-order valence-corrected chi connectivity index (χ0v) is 15.9. The van der Waals surface area contributed by atoms with Crippen molar-refractivity contribution in [2.75, 3.05) is 13.1 Å². The second-order valence-electron chi connectivity index (χ2n) is 7.37. The van der Waals surface area contributed by atoms with Crippen LogP contribution in [0.4, 0.5) is 0 Å². The van der Waals surface area contributed by atoms with E-state index in [1.54, 1.807) is 6.92 Å². The number of hydrogen-bond donors (Lipinski definition) is 1. The lowest BCUT2D eigenvalue weighted by atomic mass is 9.97. The summed E-state index contributed by atoms with van der Waals surface area (Å²) in [7, 11) is 0. The lowest BCUT2D eigenvalue weighted by molar-refractivity contribution is -0.130. The third kappa shape index (κ3) is 3.65. The molecular weight excluding hydrogens is 338 g/mol. The molecule has 0 aliphatic carbocycles. The molecule has 1 atom stereocenters. The molecule has 1 aromatic carbocycles. The van der Waals surface area contributed by atoms with Gasteiger partial charge in [0.05, 0.1) is 17.7 Å². The van der Waals surface area contributed by atoms with Crippen LogP contribution in [0.3, 0.4) is 0 Å². The monoisotopic (exact) mass is 363 g/mol. The van der Waals surface area contributed by atoms with Crippen molar-refractivity contribution in [3.63, 3.8) is 0 Å². The van der Waals surface area contributed by atoms with Crippen LogP contribution >= 0.6 is 0 Å². The first-order chi connectivity index (χ1) is 13.1. The Labute approximate surface area is 159 Å². The zero-order valence-electron chi connectivity index (χ0n) is 15.9. The number of piperidine rings is 1. The van der Waals surface area contributed by atoms with E-state index >= 15 is 0 Å². The van der Waals surface area contributed by atoms with Gasteiger partial charge in [0.15, 0.2) is 0 Å². The fourth-order valence-electron chi connectivity index (χ4n) is 3.91. The van der Waals surface area contributed by atoms with Gasteiger partial charge in [-0.2, -0.15) is 5.10 Å². The van der Waals surface area contributed by atoms with Crippen molar-refractivity contribution >= 4 is 5.91 Å². The number of H-pyrrole nitrogens is 1. The number of hydrogen-bond acceptors (Lipinski definition) is 3. The van der Waals surface area contributed by atoms with Crippen LogP contribution in [-0.4, -0.2) is 43.6 Å². The number of likely N-dealkylation sites (tertiary alicyclic amines) is 1. The third-order valence-corrected chi connectivity index (χ3v) is 5.25. The van der Waals surface area contributed by atoms with Gasteiger partial charge in [-0.25, -0.2) is 4.98 Å². The summed E-state index contributed by atoms with van der Waals surface area (Å²) in [6.45, 7) is 6.19. The third-order valence-electron chi connectivity index (χ3n) is 5.25. The predicted molar refractivity (Wildman–Crippen MR) is 105 cm³/mol. The number of imidazole rings is 1. The average molecular weight is 363 g/mol. The molecule has 1 saturated heterocycles. The van der Waals surface area contributed by atoms with E-state index in [0.717, 1.165) is 60.8 Å². The Morgan fingerprint density at radius 3 is 2.81 bits per heavy atom. The summed E-state index contributed by atoms with van der Waals surface area (Å²) >= 11 is 0. The lowest BCUT2D eigenvalue weighted by Gasteiger charge is -2.32. The highest BCUT2D eigenvalue weighted by molar-refractivity contribution is 5.77. The molecule has 140 valence electrons. The van der Waals surface area contributed by atoms with Crippen LogP contribution in [0, 0.1) is 12.8 Å². The number of carbonyl (C=O) groups is 1. The predicted octanol–water partition coefficient (Wildman–Crippen LogP) is 3.51. The molecule has 0 spiro atoms. The van der Waals surface area contributed by atoms with Gasteiger partial charge < -0.3 is 9.47 Å². The van der Waals surface area contributed by atoms with E-state index in [1.807, 2.05) is 36.4 Å². The second kappa shape index (κ2) is 7.39. The standard InChI is InChI=1S/C21H25N5O/c1-15-11-19(24-23-15)21-20(18-8-4-3-5-9-18)22-14-26(21)13-17-7-6-10-25(12-17)16(2)27/h3-5,8-9,11,14,17H,6-7,10,12-13H2,1-2H3,(H,23,24). The van der Waals surface area contributed by atoms with Crippen LogP contribution in [0.1, 0.15) is 25.5 Å². The largest absolute Gasteiger partial charge is 0.343 e. The first kappa shape index (κ1) is 17.5. The first-order valence-corrected chi connectivity index (χ1v) is 9.50. The Morgan fingerprint density at radius 2 is 2.11 bits per heavy atom. The summed E-state index contributed by atoms with van der Waals surface area (Å²) in [5.41, 5.74) is 4.99. The van der Waals surface area contributed by atoms with Crippen LogP contribution in [0.25, 0.3) is 22.6 Å². The van der Waals surface area contributed by atoms with Crippen molar-refractivity contribution in [2.24, 2.45) is 5.92 Å². The topological polar surface area (TPSA) is 66.8 Å². The summed E-state index contributed by atoms with van der Waals surface area (Å²) < 4.78 is 2.20. The zero-order chi connectivity index (χ0) is 18.8. The molecule has 3 heterocycles. The molecule has 1 fully saturated rings. The van der Waals surface area contributed by atoms with Gasteiger partial charge in [-0.1, -0.05) is 30.3 Å². The minimum absolute atomic E-state index is 0.165. The highest BCUT2D eigenvalue weighted by atomic mass is 16.2. The van der Waals surface area contributed by atoms with Gasteiger partial charge in [-0.3, -0.25) is 9.89 Å². The van der Waals surface area contributed by atoms with Gasteiger partial charge in [-0.05, 0) is 31.7 Å². The minimum atomic E-state index is 0.165. The Morgan fingerprint density at radius 1 is 1.30 bits per heavy atom. The molecule has 0 radical (unpaired) electrons. The average Bonchev–Trinajstić information content (AvgIpc) is 3.28. The van der Waals surface area contributed by atoms with Gasteiger partial charge >= 0.3 is 0 Å². The van der Waals surface area contributed by atoms with Crippen molar-refractivity contribution in [3.8, 4) is 22.6 Å². The molecule has 0 saturated carbocycles. The summed E-state index contributed by atoms with van der Waals surface area (Å²) in [4.78, 5) is 18.4. The van der Waals surface area contributed by atoms with Crippen LogP contribution in [0.15, 0.2) is 42.7 Å². The summed E-state index contributed by atoms with van der Waals surface area (Å²) in [5.74, 6) is 0.595. The Balaban J connectivity index is 1.69. The molecule has 1 aliphatic rings. The summed E-state index contributed by atoms with van der Waals surface area (Å²) in [6.07, 6.45) is 4.09. The van der Waals surface area contributed by atoms with E-state index < -0.39 is 0 Å². The number of aromatic nitrogens is 4. The number of aromatic amines is 1. The Kier molecular flexibility index (Phi) is 4.79. The van der Waals surface area contributed by atoms with Crippen LogP contribution < -0.4 is 0 Å². The summed E-state index contributed by atoms with van der Waals surface area (Å²) in [5, 5.41) is 7.54. The normalized spacial score (nSPS) is 17.3. The van der Waals surface area contributed by atoms with Gasteiger partial charge in [0, 0.05) is 37.8 Å². The second-order valence-corrected chi connectivity index (χ2v) is 7.37. The van der Waals surface area contributed by atoms with E-state index in [9.17, 15) is 4.79 Å². The maximum Gasteiger partial charge on any atom is 0.219 e. The van der Waals surface area contributed by atoms with E-state index in [-0.39, 0.29) is 5.91 Å². The van der Waals surface area contributed by atoms with Gasteiger partial charge in [0.2, 0.25) is 5.91 Å². The van der Waals surface area contributed by atoms with Gasteiger partial charge in [0.1, 0.15) is 5.69 Å². The molecule has 4 rings (SSSR count). The van der Waals surface area contributed by atoms with Crippen LogP contribution in [0.2, 0.25) is 0 Å². The first-order valence-electron chi connectivity index (χ1n) is 9.50. The van der Waals surface area contributed by atoms with Gasteiger partial charge in [-0.15, -0.1) is 0 Å². The quantitative estimate of drug-likeness (QED) is 0.771. The molecule has 6 heteroatoms. The van der Waals surface area contributed by atoms with Crippen molar-refractivity contribution in [1.82, 2.24) is 24.6 Å². The molecule has 2 aromatic heterocycles. The number of benzene rings is 1. The number of rotatable bonds is 4. The molecule has 1 amide bonds. The fraction of sp³-hybridized carbons (Fsp3) is 0.381. The van der Waals surface area contributed by atoms with Crippen molar-refractivity contribution in [1.29, 1.82) is 0 Å². The maximum absolute atomic E-state index is 11.8. The smallest absolute Gasteiger partial charge is 0.219 e. The van der Waals surface area contributed by atoms with Crippen molar-refractivity contribution < 1.29 is 4.79 Å². The molecule has 1 N–H and O–H groups in total. The highest BCUT2D eigenvalue weighted by Crippen LogP contribution is 2.31. The molecule has 0 bridgehead atoms. The van der Waals surface area contributed by atoms with Crippen LogP contribution in [0.5, 0.6) is 0 Å². The van der Waals surface area contributed by atoms with E-state index in [4.69, 9.17) is 4.98 Å². The molecule has 1 unspecified atom stereocenters. The molecule has 1 aliphatic heterocycles. The molecular formula is C21H25N5O. The van der Waals surface area contributed by atoms with Crippen LogP contribution in [-0.2, 0) is 11.3 Å². The Bertz CT molecular complexity index is 927. The highest BCUT2D eigenvalue weighted by Gasteiger charge is 2.24. The summed E-state index contributed by atoms with van der Waals surface area (Å²) in [6, 6.07) is 12.3. The van der Waals surface area contributed by atoms with Gasteiger partial charge in [0.25, 0.3) is 0 Å². The molecule has 27 heavy (non-hydrogen) atoms. The van der Waals surface area contributed by atoms with E-state index in [2.05, 4.69) is 33.0 Å². The number of aryl methyl sites for hydroxylation is 1. The Hall–Kier alpha value is -2.89. The molecule has 6 nitrogen and oxygen atoms in total. The van der Waals surface area contributed by atoms with Crippen molar-refractivity contribution in [3.05, 3.63) is 48.4 Å². The maximum atomic E-state index is 11.8. The van der Waals surface area contributed by atoms with E-state index in [0.29, 0.717) is 5.92 Å². The number of nitrogens with one attached hydrogen (secondary N) is 1. The van der Waals surface area contributed by atoms with Crippen molar-refractivity contribution in [2.45, 2.75) is 33.2 Å². The molecule has 3 aromatic rings. The lowest BCUT2D eigenvalue weighted by Crippen LogP contribution is -2.39. The number of amides is 1. The minimum Gasteiger partial charge on any atom is -0.343 e. The fourth-order valence-corrected chi connectivity index (χ4v) is 3.91. The number of carbonyl (C=O) groups excluding carboxylic acids is 1. The number of nitrogens with zero attached hydrogens (tertiary/aromatic N) is 4.